The Morgan fingerprint density at radius 2 is 2.05 bits per heavy atom. The number of hydrogen-bond acceptors (Lipinski definition) is 3. The van der Waals surface area contributed by atoms with Crippen molar-refractivity contribution >= 4 is 10.9 Å². The van der Waals surface area contributed by atoms with E-state index in [-0.39, 0.29) is 6.04 Å². The molecule has 0 amide bonds. The van der Waals surface area contributed by atoms with Crippen molar-refractivity contribution in [2.24, 2.45) is 0 Å². The Morgan fingerprint density at radius 3 is 2.84 bits per heavy atom. The van der Waals surface area contributed by atoms with Crippen molar-refractivity contribution in [1.82, 2.24) is 20.3 Å². The first-order valence-electron chi connectivity index (χ1n) is 6.37. The molecule has 96 valence electrons. The molecule has 2 heterocycles. The molecule has 4 heteroatoms. The van der Waals surface area contributed by atoms with Gasteiger partial charge in [0.15, 0.2) is 0 Å². The van der Waals surface area contributed by atoms with Gasteiger partial charge in [0.25, 0.3) is 0 Å². The van der Waals surface area contributed by atoms with Gasteiger partial charge in [-0.15, -0.1) is 0 Å². The van der Waals surface area contributed by atoms with Crippen LogP contribution in [0, 0.1) is 0 Å². The number of rotatable bonds is 4. The molecule has 3 aromatic rings. The van der Waals surface area contributed by atoms with Gasteiger partial charge in [0.2, 0.25) is 0 Å². The molecule has 0 aliphatic heterocycles. The van der Waals surface area contributed by atoms with Crippen LogP contribution in [0.5, 0.6) is 0 Å². The Kier molecular flexibility index (Phi) is 3.25. The van der Waals surface area contributed by atoms with Crippen LogP contribution in [0.3, 0.4) is 0 Å². The number of pyridine rings is 1. The molecule has 2 N–H and O–H groups in total. The van der Waals surface area contributed by atoms with Crippen LogP contribution in [0.15, 0.2) is 48.9 Å². The van der Waals surface area contributed by atoms with E-state index in [4.69, 9.17) is 0 Å². The number of aromatic amines is 1. The SMILES string of the molecule is CNC(Cc1ccnc2ccccc12)c1ncc[nH]1. The van der Waals surface area contributed by atoms with Gasteiger partial charge in [-0.3, -0.25) is 4.98 Å². The normalized spacial score (nSPS) is 12.7. The zero-order chi connectivity index (χ0) is 13.1. The zero-order valence-electron chi connectivity index (χ0n) is 10.8. The average Bonchev–Trinajstić information content (AvgIpc) is 2.99. The maximum atomic E-state index is 4.39. The van der Waals surface area contributed by atoms with Crippen molar-refractivity contribution in [2.75, 3.05) is 7.05 Å². The van der Waals surface area contributed by atoms with Crippen molar-refractivity contribution in [3.63, 3.8) is 0 Å². The summed E-state index contributed by atoms with van der Waals surface area (Å²) in [7, 11) is 1.95. The summed E-state index contributed by atoms with van der Waals surface area (Å²) in [5, 5.41) is 4.51. The van der Waals surface area contributed by atoms with Gasteiger partial charge in [-0.2, -0.15) is 0 Å². The molecule has 0 saturated heterocycles. The summed E-state index contributed by atoms with van der Waals surface area (Å²) in [6, 6.07) is 10.5. The lowest BCUT2D eigenvalue weighted by atomic mass is 10.0. The van der Waals surface area contributed by atoms with Gasteiger partial charge in [0, 0.05) is 24.0 Å². The monoisotopic (exact) mass is 252 g/mol. The van der Waals surface area contributed by atoms with Crippen molar-refractivity contribution in [3.8, 4) is 0 Å². The highest BCUT2D eigenvalue weighted by Gasteiger charge is 2.13. The molecule has 2 aromatic heterocycles. The Labute approximate surface area is 111 Å². The number of benzene rings is 1. The fourth-order valence-corrected chi connectivity index (χ4v) is 2.36. The molecule has 1 unspecified atom stereocenters. The summed E-state index contributed by atoms with van der Waals surface area (Å²) < 4.78 is 0. The van der Waals surface area contributed by atoms with Crippen LogP contribution in [-0.2, 0) is 6.42 Å². The van der Waals surface area contributed by atoms with Crippen molar-refractivity contribution < 1.29 is 0 Å². The summed E-state index contributed by atoms with van der Waals surface area (Å²) in [5.74, 6) is 0.961. The van der Waals surface area contributed by atoms with Crippen molar-refractivity contribution in [2.45, 2.75) is 12.5 Å². The van der Waals surface area contributed by atoms with E-state index < -0.39 is 0 Å². The van der Waals surface area contributed by atoms with Crippen LogP contribution in [0.1, 0.15) is 17.4 Å². The second kappa shape index (κ2) is 5.20. The fourth-order valence-electron chi connectivity index (χ4n) is 2.36. The molecule has 1 atom stereocenters. The summed E-state index contributed by atoms with van der Waals surface area (Å²) in [6.45, 7) is 0. The van der Waals surface area contributed by atoms with Gasteiger partial charge in [0.1, 0.15) is 5.82 Å². The topological polar surface area (TPSA) is 53.6 Å². The number of imidazole rings is 1. The molecule has 0 spiro atoms. The minimum atomic E-state index is 0.181. The standard InChI is InChI=1S/C15H16N4/c1-16-14(15-18-8-9-19-15)10-11-6-7-17-13-5-3-2-4-12(11)13/h2-9,14,16H,10H2,1H3,(H,18,19). The van der Waals surface area contributed by atoms with Crippen LogP contribution >= 0.6 is 0 Å². The van der Waals surface area contributed by atoms with E-state index in [0.717, 1.165) is 17.8 Å². The second-order valence-electron chi connectivity index (χ2n) is 4.51. The molecular weight excluding hydrogens is 236 g/mol. The molecule has 0 aliphatic carbocycles. The maximum absolute atomic E-state index is 4.39. The van der Waals surface area contributed by atoms with Gasteiger partial charge in [-0.05, 0) is 31.2 Å². The van der Waals surface area contributed by atoms with E-state index in [1.807, 2.05) is 31.6 Å². The third-order valence-electron chi connectivity index (χ3n) is 3.36. The van der Waals surface area contributed by atoms with Crippen LogP contribution in [-0.4, -0.2) is 22.0 Å². The van der Waals surface area contributed by atoms with Gasteiger partial charge in [-0.1, -0.05) is 18.2 Å². The molecule has 0 saturated carbocycles. The first-order valence-corrected chi connectivity index (χ1v) is 6.37. The fraction of sp³-hybridized carbons (Fsp3) is 0.200. The van der Waals surface area contributed by atoms with E-state index in [1.54, 1.807) is 6.20 Å². The third-order valence-corrected chi connectivity index (χ3v) is 3.36. The second-order valence-corrected chi connectivity index (χ2v) is 4.51. The van der Waals surface area contributed by atoms with Crippen molar-refractivity contribution in [1.29, 1.82) is 0 Å². The Hall–Kier alpha value is -2.20. The molecule has 0 bridgehead atoms. The van der Waals surface area contributed by atoms with Crippen LogP contribution in [0.2, 0.25) is 0 Å². The van der Waals surface area contributed by atoms with E-state index in [2.05, 4.69) is 38.5 Å². The highest BCUT2D eigenvalue weighted by Crippen LogP contribution is 2.21. The number of H-pyrrole nitrogens is 1. The van der Waals surface area contributed by atoms with Gasteiger partial charge < -0.3 is 10.3 Å². The number of hydrogen-bond donors (Lipinski definition) is 2. The van der Waals surface area contributed by atoms with Crippen LogP contribution in [0.4, 0.5) is 0 Å². The summed E-state index contributed by atoms with van der Waals surface area (Å²) >= 11 is 0. The molecule has 4 nitrogen and oxygen atoms in total. The van der Waals surface area contributed by atoms with Gasteiger partial charge in [-0.25, -0.2) is 4.98 Å². The molecule has 0 radical (unpaired) electrons. The van der Waals surface area contributed by atoms with Crippen LogP contribution in [0.25, 0.3) is 10.9 Å². The number of nitrogens with one attached hydrogen (secondary N) is 2. The maximum Gasteiger partial charge on any atom is 0.123 e. The first kappa shape index (κ1) is 11.9. The molecular formula is C15H16N4. The molecule has 0 fully saturated rings. The predicted octanol–water partition coefficient (Wildman–Crippen LogP) is 2.46. The molecule has 19 heavy (non-hydrogen) atoms. The van der Waals surface area contributed by atoms with Gasteiger partial charge >= 0.3 is 0 Å². The Bertz CT molecular complexity index is 655. The molecule has 0 aliphatic rings. The summed E-state index contributed by atoms with van der Waals surface area (Å²) in [6.07, 6.45) is 6.38. The first-order chi connectivity index (χ1) is 9.38. The lowest BCUT2D eigenvalue weighted by molar-refractivity contribution is 0.565. The number of aromatic nitrogens is 3. The Balaban J connectivity index is 1.96. The quantitative estimate of drug-likeness (QED) is 0.750. The lowest BCUT2D eigenvalue weighted by Gasteiger charge is -2.15. The highest BCUT2D eigenvalue weighted by molar-refractivity contribution is 5.81. The lowest BCUT2D eigenvalue weighted by Crippen LogP contribution is -2.20. The largest absolute Gasteiger partial charge is 0.347 e. The molecule has 1 aromatic carbocycles. The van der Waals surface area contributed by atoms with Crippen molar-refractivity contribution in [3.05, 3.63) is 60.3 Å². The number of para-hydroxylation sites is 1. The van der Waals surface area contributed by atoms with E-state index in [9.17, 15) is 0 Å². The predicted molar refractivity (Wildman–Crippen MR) is 75.8 cm³/mol. The van der Waals surface area contributed by atoms with Gasteiger partial charge in [0.05, 0.1) is 11.6 Å². The van der Waals surface area contributed by atoms with E-state index in [0.29, 0.717) is 0 Å². The number of nitrogens with zero attached hydrogens (tertiary/aromatic N) is 2. The smallest absolute Gasteiger partial charge is 0.123 e. The third kappa shape index (κ3) is 2.35. The number of likely N-dealkylation sites (N-methyl/N-ethyl adjacent to an activating group) is 1. The van der Waals surface area contributed by atoms with E-state index >= 15 is 0 Å². The summed E-state index contributed by atoms with van der Waals surface area (Å²) in [4.78, 5) is 11.9. The minimum Gasteiger partial charge on any atom is -0.347 e. The molecule has 3 rings (SSSR count). The van der Waals surface area contributed by atoms with Crippen LogP contribution < -0.4 is 5.32 Å². The summed E-state index contributed by atoms with van der Waals surface area (Å²) in [5.41, 5.74) is 2.32. The Morgan fingerprint density at radius 1 is 1.16 bits per heavy atom. The highest BCUT2D eigenvalue weighted by atomic mass is 15.0. The minimum absolute atomic E-state index is 0.181. The van der Waals surface area contributed by atoms with E-state index in [1.165, 1.54) is 10.9 Å². The number of fused-ring (bicyclic) bond motifs is 1. The average molecular weight is 252 g/mol. The zero-order valence-corrected chi connectivity index (χ0v) is 10.8.